The fraction of sp³-hybridized carbons (Fsp3) is 0.667. The van der Waals surface area contributed by atoms with E-state index in [4.69, 9.17) is 0 Å². The lowest BCUT2D eigenvalue weighted by molar-refractivity contribution is 0.248. The smallest absolute Gasteiger partial charge is 0.0351 e. The number of hydrogen-bond acceptors (Lipinski definition) is 2. The minimum absolute atomic E-state index is 0.489. The van der Waals surface area contributed by atoms with Gasteiger partial charge >= 0.3 is 0 Å². The summed E-state index contributed by atoms with van der Waals surface area (Å²) in [6, 6.07) is 12.0. The van der Waals surface area contributed by atoms with E-state index in [1.54, 1.807) is 0 Å². The van der Waals surface area contributed by atoms with Crippen molar-refractivity contribution in [1.29, 1.82) is 0 Å². The lowest BCUT2D eigenvalue weighted by Crippen LogP contribution is -2.41. The molecule has 0 radical (unpaired) electrons. The first-order valence-electron chi connectivity index (χ1n) is 8.49. The van der Waals surface area contributed by atoms with Crippen molar-refractivity contribution in [2.45, 2.75) is 57.0 Å². The van der Waals surface area contributed by atoms with E-state index in [2.05, 4.69) is 35.6 Å². The molecule has 1 saturated heterocycles. The van der Waals surface area contributed by atoms with Crippen LogP contribution in [0.5, 0.6) is 0 Å². The summed E-state index contributed by atoms with van der Waals surface area (Å²) in [5.41, 5.74) is 1.44. The molecule has 0 spiro atoms. The molecule has 2 fully saturated rings. The van der Waals surface area contributed by atoms with Crippen molar-refractivity contribution in [2.75, 3.05) is 11.5 Å². The SMILES string of the molecule is O=S1CCC(NC(c2ccccc2)C2CCCCC2)CC1. The van der Waals surface area contributed by atoms with Gasteiger partial charge in [-0.1, -0.05) is 49.6 Å². The maximum Gasteiger partial charge on any atom is 0.0351 e. The van der Waals surface area contributed by atoms with E-state index in [0.29, 0.717) is 12.1 Å². The molecule has 1 atom stereocenters. The van der Waals surface area contributed by atoms with Gasteiger partial charge in [-0.25, -0.2) is 0 Å². The lowest BCUT2D eigenvalue weighted by atomic mass is 9.80. The van der Waals surface area contributed by atoms with Crippen molar-refractivity contribution in [3.05, 3.63) is 35.9 Å². The van der Waals surface area contributed by atoms with Crippen LogP contribution >= 0.6 is 0 Å². The third-order valence-corrected chi connectivity index (χ3v) is 6.47. The highest BCUT2D eigenvalue weighted by Gasteiger charge is 2.28. The monoisotopic (exact) mass is 305 g/mol. The van der Waals surface area contributed by atoms with Crippen LogP contribution in [0.25, 0.3) is 0 Å². The summed E-state index contributed by atoms with van der Waals surface area (Å²) in [5, 5.41) is 3.93. The van der Waals surface area contributed by atoms with Crippen LogP contribution in [0.3, 0.4) is 0 Å². The third-order valence-electron chi connectivity index (χ3n) is 5.08. The molecule has 1 N–H and O–H groups in total. The molecule has 1 aliphatic carbocycles. The molecule has 2 nitrogen and oxygen atoms in total. The molecule has 1 aliphatic heterocycles. The maximum atomic E-state index is 11.5. The van der Waals surface area contributed by atoms with Crippen molar-refractivity contribution in [3.63, 3.8) is 0 Å². The zero-order valence-electron chi connectivity index (χ0n) is 12.8. The molecular weight excluding hydrogens is 278 g/mol. The van der Waals surface area contributed by atoms with E-state index in [1.807, 2.05) is 0 Å². The second kappa shape index (κ2) is 7.55. The first-order valence-corrected chi connectivity index (χ1v) is 9.98. The topological polar surface area (TPSA) is 29.1 Å². The third kappa shape index (κ3) is 4.17. The fourth-order valence-electron chi connectivity index (χ4n) is 3.85. The summed E-state index contributed by atoms with van der Waals surface area (Å²) in [6.07, 6.45) is 9.01. The zero-order valence-corrected chi connectivity index (χ0v) is 13.6. The van der Waals surface area contributed by atoms with Crippen LogP contribution in [0.4, 0.5) is 0 Å². The second-order valence-electron chi connectivity index (χ2n) is 6.58. The van der Waals surface area contributed by atoms with E-state index in [0.717, 1.165) is 30.3 Å². The molecule has 21 heavy (non-hydrogen) atoms. The van der Waals surface area contributed by atoms with Crippen LogP contribution in [-0.2, 0) is 10.8 Å². The van der Waals surface area contributed by atoms with E-state index < -0.39 is 10.8 Å². The van der Waals surface area contributed by atoms with Crippen LogP contribution in [-0.4, -0.2) is 21.8 Å². The Labute approximate surface area is 131 Å². The minimum atomic E-state index is -0.565. The van der Waals surface area contributed by atoms with Gasteiger partial charge in [0.2, 0.25) is 0 Å². The van der Waals surface area contributed by atoms with Crippen molar-refractivity contribution < 1.29 is 4.21 Å². The number of rotatable bonds is 4. The summed E-state index contributed by atoms with van der Waals surface area (Å²) in [6.45, 7) is 0. The largest absolute Gasteiger partial charge is 0.307 e. The van der Waals surface area contributed by atoms with Crippen LogP contribution in [0.1, 0.15) is 56.6 Å². The van der Waals surface area contributed by atoms with Gasteiger partial charge in [0.15, 0.2) is 0 Å². The van der Waals surface area contributed by atoms with Crippen LogP contribution in [0, 0.1) is 5.92 Å². The van der Waals surface area contributed by atoms with Gasteiger partial charge in [0, 0.05) is 34.4 Å². The molecule has 116 valence electrons. The molecule has 1 aromatic rings. The average molecular weight is 305 g/mol. The zero-order chi connectivity index (χ0) is 14.5. The van der Waals surface area contributed by atoms with Gasteiger partial charge < -0.3 is 5.32 Å². The van der Waals surface area contributed by atoms with E-state index in [9.17, 15) is 4.21 Å². The Balaban J connectivity index is 1.71. The van der Waals surface area contributed by atoms with Crippen molar-refractivity contribution >= 4 is 10.8 Å². The van der Waals surface area contributed by atoms with E-state index in [1.165, 1.54) is 37.7 Å². The van der Waals surface area contributed by atoms with E-state index >= 15 is 0 Å². The van der Waals surface area contributed by atoms with Gasteiger partial charge in [-0.15, -0.1) is 0 Å². The van der Waals surface area contributed by atoms with Crippen molar-refractivity contribution in [3.8, 4) is 0 Å². The molecule has 1 saturated carbocycles. The first kappa shape index (κ1) is 15.2. The highest BCUT2D eigenvalue weighted by Crippen LogP contribution is 2.35. The normalized spacial score (nSPS) is 29.1. The molecule has 3 rings (SSSR count). The number of hydrogen-bond donors (Lipinski definition) is 1. The molecule has 0 amide bonds. The Hall–Kier alpha value is -0.670. The number of nitrogens with one attached hydrogen (secondary N) is 1. The number of benzene rings is 1. The molecule has 2 aliphatic rings. The molecule has 0 aromatic heterocycles. The summed E-state index contributed by atoms with van der Waals surface area (Å²) in [5.74, 6) is 2.53. The molecule has 1 heterocycles. The van der Waals surface area contributed by atoms with Crippen LogP contribution < -0.4 is 5.32 Å². The Morgan fingerprint density at radius 3 is 2.29 bits per heavy atom. The summed E-state index contributed by atoms with van der Waals surface area (Å²) >= 11 is 0. The predicted molar refractivity (Wildman–Crippen MR) is 89.8 cm³/mol. The van der Waals surface area contributed by atoms with Crippen LogP contribution in [0.15, 0.2) is 30.3 Å². The molecule has 1 unspecified atom stereocenters. The quantitative estimate of drug-likeness (QED) is 0.916. The highest BCUT2D eigenvalue weighted by atomic mass is 32.2. The average Bonchev–Trinajstić information content (AvgIpc) is 2.56. The Bertz CT molecular complexity index is 446. The van der Waals surface area contributed by atoms with Gasteiger partial charge in [0.05, 0.1) is 0 Å². The van der Waals surface area contributed by atoms with Gasteiger partial charge in [-0.2, -0.15) is 0 Å². The Kier molecular flexibility index (Phi) is 5.48. The highest BCUT2D eigenvalue weighted by molar-refractivity contribution is 7.85. The lowest BCUT2D eigenvalue weighted by Gasteiger charge is -2.35. The molecule has 3 heteroatoms. The molecule has 1 aromatic carbocycles. The van der Waals surface area contributed by atoms with Gasteiger partial charge in [-0.05, 0) is 37.2 Å². The molecular formula is C18H27NOS. The summed E-state index contributed by atoms with van der Waals surface area (Å²) < 4.78 is 11.5. The first-order chi connectivity index (χ1) is 10.3. The van der Waals surface area contributed by atoms with Gasteiger partial charge in [0.1, 0.15) is 0 Å². The fourth-order valence-corrected chi connectivity index (χ4v) is 5.15. The minimum Gasteiger partial charge on any atom is -0.307 e. The second-order valence-corrected chi connectivity index (χ2v) is 8.27. The summed E-state index contributed by atoms with van der Waals surface area (Å²) in [4.78, 5) is 0. The molecule has 0 bridgehead atoms. The Morgan fingerprint density at radius 1 is 0.952 bits per heavy atom. The standard InChI is InChI=1S/C18H27NOS/c20-21-13-11-17(12-14-21)19-18(15-7-3-1-4-8-15)16-9-5-2-6-10-16/h1,3-4,7-8,16-19H,2,5-6,9-14H2. The van der Waals surface area contributed by atoms with Crippen molar-refractivity contribution in [1.82, 2.24) is 5.32 Å². The van der Waals surface area contributed by atoms with Crippen LogP contribution in [0.2, 0.25) is 0 Å². The summed E-state index contributed by atoms with van der Waals surface area (Å²) in [7, 11) is -0.565. The predicted octanol–water partition coefficient (Wildman–Crippen LogP) is 3.81. The van der Waals surface area contributed by atoms with Gasteiger partial charge in [-0.3, -0.25) is 4.21 Å². The maximum absolute atomic E-state index is 11.5. The van der Waals surface area contributed by atoms with Crippen molar-refractivity contribution in [2.24, 2.45) is 5.92 Å². The van der Waals surface area contributed by atoms with E-state index in [-0.39, 0.29) is 0 Å². The van der Waals surface area contributed by atoms with Gasteiger partial charge in [0.25, 0.3) is 0 Å². The Morgan fingerprint density at radius 2 is 1.62 bits per heavy atom.